The molecular formula is C14H17BrN2O. The lowest BCUT2D eigenvalue weighted by molar-refractivity contribution is 0.177. The summed E-state index contributed by atoms with van der Waals surface area (Å²) in [4.78, 5) is 0. The molecule has 0 amide bonds. The van der Waals surface area contributed by atoms with Crippen LogP contribution in [0.3, 0.4) is 0 Å². The third-order valence-corrected chi connectivity index (χ3v) is 3.64. The van der Waals surface area contributed by atoms with Crippen molar-refractivity contribution in [1.82, 2.24) is 9.78 Å². The smallest absolute Gasteiger partial charge is 0.0842 e. The van der Waals surface area contributed by atoms with Crippen LogP contribution in [0.5, 0.6) is 0 Å². The second kappa shape index (κ2) is 5.67. The number of benzene rings is 1. The largest absolute Gasteiger partial charge is 0.388 e. The van der Waals surface area contributed by atoms with Gasteiger partial charge in [-0.05, 0) is 36.6 Å². The van der Waals surface area contributed by atoms with Crippen LogP contribution >= 0.6 is 15.9 Å². The summed E-state index contributed by atoms with van der Waals surface area (Å²) in [7, 11) is 0. The van der Waals surface area contributed by atoms with Crippen LogP contribution in [0.2, 0.25) is 0 Å². The van der Waals surface area contributed by atoms with Crippen molar-refractivity contribution in [2.24, 2.45) is 0 Å². The minimum absolute atomic E-state index is 0.505. The molecule has 1 aromatic heterocycles. The standard InChI is InChI=1S/C14H17BrN2O/c1-3-17-9-11(8-16-17)7-14(18)12-5-4-10(2)6-13(12)15/h4-6,8-9,14,18H,3,7H2,1-2H3. The van der Waals surface area contributed by atoms with Gasteiger partial charge in [-0.1, -0.05) is 28.1 Å². The molecule has 18 heavy (non-hydrogen) atoms. The zero-order chi connectivity index (χ0) is 13.1. The predicted molar refractivity (Wildman–Crippen MR) is 75.4 cm³/mol. The van der Waals surface area contributed by atoms with Gasteiger partial charge in [0.1, 0.15) is 0 Å². The van der Waals surface area contributed by atoms with Crippen LogP contribution in [0.25, 0.3) is 0 Å². The van der Waals surface area contributed by atoms with Crippen molar-refractivity contribution < 1.29 is 5.11 Å². The summed E-state index contributed by atoms with van der Waals surface area (Å²) in [6.07, 6.45) is 3.87. The first-order valence-electron chi connectivity index (χ1n) is 6.05. The summed E-state index contributed by atoms with van der Waals surface area (Å²) in [5.74, 6) is 0. The first-order valence-corrected chi connectivity index (χ1v) is 6.85. The maximum atomic E-state index is 10.3. The zero-order valence-corrected chi connectivity index (χ0v) is 12.2. The van der Waals surface area contributed by atoms with Gasteiger partial charge < -0.3 is 5.11 Å². The number of halogens is 1. The summed E-state index contributed by atoms with van der Waals surface area (Å²) in [5.41, 5.74) is 3.15. The predicted octanol–water partition coefficient (Wildman–Crippen LogP) is 3.25. The molecule has 1 N–H and O–H groups in total. The fourth-order valence-corrected chi connectivity index (χ4v) is 2.68. The number of aliphatic hydroxyl groups is 1. The number of nitrogens with zero attached hydrogens (tertiary/aromatic N) is 2. The Labute approximate surface area is 116 Å². The van der Waals surface area contributed by atoms with E-state index < -0.39 is 6.10 Å². The van der Waals surface area contributed by atoms with Gasteiger partial charge in [0.15, 0.2) is 0 Å². The molecule has 1 aromatic carbocycles. The van der Waals surface area contributed by atoms with Crippen molar-refractivity contribution in [2.75, 3.05) is 0 Å². The molecule has 0 aliphatic carbocycles. The van der Waals surface area contributed by atoms with E-state index in [0.29, 0.717) is 6.42 Å². The topological polar surface area (TPSA) is 38.0 Å². The average Bonchev–Trinajstić information content (AvgIpc) is 2.76. The normalized spacial score (nSPS) is 12.7. The van der Waals surface area contributed by atoms with Crippen LogP contribution in [0.4, 0.5) is 0 Å². The summed E-state index contributed by atoms with van der Waals surface area (Å²) in [6, 6.07) is 6.00. The van der Waals surface area contributed by atoms with E-state index >= 15 is 0 Å². The highest BCUT2D eigenvalue weighted by molar-refractivity contribution is 9.10. The fraction of sp³-hybridized carbons (Fsp3) is 0.357. The Bertz CT molecular complexity index is 536. The van der Waals surface area contributed by atoms with Gasteiger partial charge in [0.05, 0.1) is 12.3 Å². The van der Waals surface area contributed by atoms with Gasteiger partial charge in [-0.25, -0.2) is 0 Å². The van der Waals surface area contributed by atoms with Crippen molar-refractivity contribution in [3.8, 4) is 0 Å². The Balaban J connectivity index is 2.13. The van der Waals surface area contributed by atoms with Crippen LogP contribution in [0, 0.1) is 6.92 Å². The van der Waals surface area contributed by atoms with E-state index in [1.54, 1.807) is 0 Å². The molecule has 0 saturated carbocycles. The summed E-state index contributed by atoms with van der Waals surface area (Å²) < 4.78 is 2.82. The van der Waals surface area contributed by atoms with Gasteiger partial charge in [-0.15, -0.1) is 0 Å². The van der Waals surface area contributed by atoms with Crippen LogP contribution in [0.1, 0.15) is 29.7 Å². The molecule has 0 aliphatic rings. The molecule has 0 spiro atoms. The lowest BCUT2D eigenvalue weighted by Crippen LogP contribution is -2.02. The molecule has 96 valence electrons. The van der Waals surface area contributed by atoms with Crippen LogP contribution < -0.4 is 0 Å². The molecule has 0 saturated heterocycles. The molecule has 3 nitrogen and oxygen atoms in total. The van der Waals surface area contributed by atoms with E-state index in [1.165, 1.54) is 5.56 Å². The Kier molecular flexibility index (Phi) is 4.19. The minimum Gasteiger partial charge on any atom is -0.388 e. The van der Waals surface area contributed by atoms with E-state index in [-0.39, 0.29) is 0 Å². The van der Waals surface area contributed by atoms with E-state index in [0.717, 1.165) is 22.1 Å². The number of aliphatic hydroxyl groups excluding tert-OH is 1. The van der Waals surface area contributed by atoms with Crippen molar-refractivity contribution >= 4 is 15.9 Å². The summed E-state index contributed by atoms with van der Waals surface area (Å²) in [6.45, 7) is 4.93. The lowest BCUT2D eigenvalue weighted by Gasteiger charge is -2.12. The molecule has 0 radical (unpaired) electrons. The highest BCUT2D eigenvalue weighted by Gasteiger charge is 2.13. The SMILES string of the molecule is CCn1cc(CC(O)c2ccc(C)cc2Br)cn1. The molecule has 1 atom stereocenters. The minimum atomic E-state index is -0.505. The second-order valence-corrected chi connectivity index (χ2v) is 5.30. The number of aromatic nitrogens is 2. The highest BCUT2D eigenvalue weighted by atomic mass is 79.9. The van der Waals surface area contributed by atoms with Gasteiger partial charge >= 0.3 is 0 Å². The molecule has 2 aromatic rings. The van der Waals surface area contributed by atoms with Crippen molar-refractivity contribution in [3.63, 3.8) is 0 Å². The number of rotatable bonds is 4. The van der Waals surface area contributed by atoms with E-state index in [9.17, 15) is 5.11 Å². The van der Waals surface area contributed by atoms with Gasteiger partial charge in [-0.2, -0.15) is 5.10 Å². The number of aryl methyl sites for hydroxylation is 2. The van der Waals surface area contributed by atoms with Crippen LogP contribution in [0.15, 0.2) is 35.1 Å². The van der Waals surface area contributed by atoms with Gasteiger partial charge in [0.2, 0.25) is 0 Å². The number of hydrogen-bond donors (Lipinski definition) is 1. The Morgan fingerprint density at radius 1 is 1.44 bits per heavy atom. The lowest BCUT2D eigenvalue weighted by atomic mass is 10.0. The maximum Gasteiger partial charge on any atom is 0.0842 e. The Hall–Kier alpha value is -1.13. The Morgan fingerprint density at radius 2 is 2.22 bits per heavy atom. The van der Waals surface area contributed by atoms with Gasteiger partial charge in [0, 0.05) is 23.6 Å². The van der Waals surface area contributed by atoms with Gasteiger partial charge in [0.25, 0.3) is 0 Å². The Morgan fingerprint density at radius 3 is 2.83 bits per heavy atom. The monoisotopic (exact) mass is 308 g/mol. The van der Waals surface area contributed by atoms with Crippen LogP contribution in [-0.4, -0.2) is 14.9 Å². The summed E-state index contributed by atoms with van der Waals surface area (Å²) in [5, 5.41) is 14.5. The molecule has 1 heterocycles. The fourth-order valence-electron chi connectivity index (χ4n) is 1.92. The average molecular weight is 309 g/mol. The third-order valence-electron chi connectivity index (χ3n) is 2.95. The van der Waals surface area contributed by atoms with Gasteiger partial charge in [-0.3, -0.25) is 4.68 Å². The summed E-state index contributed by atoms with van der Waals surface area (Å²) >= 11 is 3.50. The number of hydrogen-bond acceptors (Lipinski definition) is 2. The zero-order valence-electron chi connectivity index (χ0n) is 10.6. The molecular weight excluding hydrogens is 292 g/mol. The first kappa shape index (κ1) is 13.3. The van der Waals surface area contributed by atoms with Crippen molar-refractivity contribution in [3.05, 3.63) is 51.8 Å². The van der Waals surface area contributed by atoms with Crippen molar-refractivity contribution in [1.29, 1.82) is 0 Å². The van der Waals surface area contributed by atoms with E-state index in [1.807, 2.05) is 49.1 Å². The highest BCUT2D eigenvalue weighted by Crippen LogP contribution is 2.26. The molecule has 0 fully saturated rings. The maximum absolute atomic E-state index is 10.3. The van der Waals surface area contributed by atoms with E-state index in [4.69, 9.17) is 0 Å². The quantitative estimate of drug-likeness (QED) is 0.941. The molecule has 2 rings (SSSR count). The van der Waals surface area contributed by atoms with Crippen LogP contribution in [-0.2, 0) is 13.0 Å². The molecule has 0 aliphatic heterocycles. The second-order valence-electron chi connectivity index (χ2n) is 4.45. The molecule has 0 bridgehead atoms. The van der Waals surface area contributed by atoms with E-state index in [2.05, 4.69) is 21.0 Å². The van der Waals surface area contributed by atoms with Crippen molar-refractivity contribution in [2.45, 2.75) is 32.9 Å². The molecule has 1 unspecified atom stereocenters. The third kappa shape index (κ3) is 3.00. The molecule has 4 heteroatoms. The first-order chi connectivity index (χ1) is 8.60.